The standard InChI is InChI=1S/C14H24N4O8/c1-6(12(23)17-8(14(25)26)3-4-10(21)22)16-13(24)11(7(2)19)18-9(20)5-15/h6-8,11,19H,3-5,15H2,1-2H3,(H,16,24)(H,17,23)(H,18,20)(H,21,22)(H,25,26). The highest BCUT2D eigenvalue weighted by Crippen LogP contribution is 2.00. The SMILES string of the molecule is CC(NC(=O)C(NC(=O)CN)C(C)O)C(=O)NC(CCC(=O)O)C(=O)O. The van der Waals surface area contributed by atoms with E-state index in [-0.39, 0.29) is 6.42 Å². The third kappa shape index (κ3) is 8.39. The Morgan fingerprint density at radius 2 is 1.54 bits per heavy atom. The van der Waals surface area contributed by atoms with Crippen molar-refractivity contribution < 1.29 is 39.3 Å². The van der Waals surface area contributed by atoms with Crippen molar-refractivity contribution in [2.24, 2.45) is 5.73 Å². The van der Waals surface area contributed by atoms with Gasteiger partial charge in [-0.15, -0.1) is 0 Å². The fraction of sp³-hybridized carbons (Fsp3) is 0.643. The molecule has 0 spiro atoms. The lowest BCUT2D eigenvalue weighted by atomic mass is 10.1. The number of nitrogens with one attached hydrogen (secondary N) is 3. The quantitative estimate of drug-likeness (QED) is 0.193. The highest BCUT2D eigenvalue weighted by atomic mass is 16.4. The molecule has 148 valence electrons. The molecule has 3 amide bonds. The van der Waals surface area contributed by atoms with Gasteiger partial charge in [-0.1, -0.05) is 0 Å². The van der Waals surface area contributed by atoms with Gasteiger partial charge in [-0.25, -0.2) is 4.79 Å². The normalized spacial score (nSPS) is 15.1. The first kappa shape index (κ1) is 23.3. The van der Waals surface area contributed by atoms with Crippen molar-refractivity contribution in [3.05, 3.63) is 0 Å². The van der Waals surface area contributed by atoms with E-state index in [0.29, 0.717) is 0 Å². The topological polar surface area (TPSA) is 208 Å². The van der Waals surface area contributed by atoms with Crippen molar-refractivity contribution in [1.82, 2.24) is 16.0 Å². The van der Waals surface area contributed by atoms with Gasteiger partial charge in [-0.3, -0.25) is 19.2 Å². The highest BCUT2D eigenvalue weighted by molar-refractivity contribution is 5.93. The van der Waals surface area contributed by atoms with Crippen LogP contribution < -0.4 is 21.7 Å². The number of aliphatic hydroxyl groups is 1. The predicted molar refractivity (Wildman–Crippen MR) is 86.7 cm³/mol. The van der Waals surface area contributed by atoms with Crippen molar-refractivity contribution in [3.8, 4) is 0 Å². The van der Waals surface area contributed by atoms with E-state index < -0.39 is 66.9 Å². The number of carboxylic acids is 2. The van der Waals surface area contributed by atoms with Crippen LogP contribution >= 0.6 is 0 Å². The Morgan fingerprint density at radius 1 is 0.962 bits per heavy atom. The van der Waals surface area contributed by atoms with Crippen molar-refractivity contribution >= 4 is 29.7 Å². The summed E-state index contributed by atoms with van der Waals surface area (Å²) in [6.07, 6.45) is -2.07. The highest BCUT2D eigenvalue weighted by Gasteiger charge is 2.29. The second-order valence-electron chi connectivity index (χ2n) is 5.55. The van der Waals surface area contributed by atoms with Crippen LogP contribution in [-0.2, 0) is 24.0 Å². The van der Waals surface area contributed by atoms with Gasteiger partial charge in [0.05, 0.1) is 12.6 Å². The molecule has 0 rings (SSSR count). The summed E-state index contributed by atoms with van der Waals surface area (Å²) in [5.41, 5.74) is 5.12. The Labute approximate surface area is 149 Å². The van der Waals surface area contributed by atoms with Crippen LogP contribution in [0, 0.1) is 0 Å². The van der Waals surface area contributed by atoms with Gasteiger partial charge in [0.25, 0.3) is 0 Å². The van der Waals surface area contributed by atoms with Crippen molar-refractivity contribution in [2.75, 3.05) is 6.54 Å². The average molecular weight is 376 g/mol. The summed E-state index contributed by atoms with van der Waals surface area (Å²) in [5, 5.41) is 33.7. The molecule has 4 atom stereocenters. The molecule has 26 heavy (non-hydrogen) atoms. The van der Waals surface area contributed by atoms with Gasteiger partial charge < -0.3 is 37.0 Å². The van der Waals surface area contributed by atoms with Crippen molar-refractivity contribution in [2.45, 2.75) is 50.9 Å². The molecular formula is C14H24N4O8. The van der Waals surface area contributed by atoms with E-state index >= 15 is 0 Å². The Kier molecular flexibility index (Phi) is 9.84. The molecule has 0 saturated carbocycles. The number of hydrogen-bond acceptors (Lipinski definition) is 7. The summed E-state index contributed by atoms with van der Waals surface area (Å²) >= 11 is 0. The Bertz CT molecular complexity index is 551. The van der Waals surface area contributed by atoms with Gasteiger partial charge in [0.1, 0.15) is 18.1 Å². The van der Waals surface area contributed by atoms with Crippen LogP contribution in [0.3, 0.4) is 0 Å². The van der Waals surface area contributed by atoms with Crippen LogP contribution in [0.4, 0.5) is 0 Å². The van der Waals surface area contributed by atoms with Crippen molar-refractivity contribution in [1.29, 1.82) is 0 Å². The molecule has 0 aromatic carbocycles. The summed E-state index contributed by atoms with van der Waals surface area (Å²) in [6.45, 7) is 2.10. The molecule has 0 aliphatic heterocycles. The van der Waals surface area contributed by atoms with Crippen LogP contribution in [0.1, 0.15) is 26.7 Å². The maximum Gasteiger partial charge on any atom is 0.326 e. The molecule has 0 aliphatic rings. The first-order valence-corrected chi connectivity index (χ1v) is 7.72. The minimum absolute atomic E-state index is 0.333. The molecule has 0 aromatic rings. The number of carbonyl (C=O) groups is 5. The summed E-state index contributed by atoms with van der Waals surface area (Å²) < 4.78 is 0. The zero-order chi connectivity index (χ0) is 20.4. The summed E-state index contributed by atoms with van der Waals surface area (Å²) in [6, 6.07) is -4.00. The molecule has 0 aliphatic carbocycles. The van der Waals surface area contributed by atoms with E-state index in [2.05, 4.69) is 16.0 Å². The van der Waals surface area contributed by atoms with Gasteiger partial charge in [0.2, 0.25) is 17.7 Å². The molecule has 0 saturated heterocycles. The van der Waals surface area contributed by atoms with Crippen LogP contribution in [0.15, 0.2) is 0 Å². The second kappa shape index (κ2) is 11.0. The fourth-order valence-electron chi connectivity index (χ4n) is 1.83. The molecule has 8 N–H and O–H groups in total. The van der Waals surface area contributed by atoms with Crippen LogP contribution in [-0.4, -0.2) is 75.8 Å². The van der Waals surface area contributed by atoms with E-state index in [9.17, 15) is 29.1 Å². The molecule has 12 heteroatoms. The number of nitrogens with two attached hydrogens (primary N) is 1. The minimum atomic E-state index is -1.44. The molecule has 0 bridgehead atoms. The Morgan fingerprint density at radius 3 is 1.96 bits per heavy atom. The number of rotatable bonds is 11. The third-order valence-corrected chi connectivity index (χ3v) is 3.28. The first-order chi connectivity index (χ1) is 12.0. The van der Waals surface area contributed by atoms with Crippen LogP contribution in [0.2, 0.25) is 0 Å². The molecular weight excluding hydrogens is 352 g/mol. The summed E-state index contributed by atoms with van der Waals surface area (Å²) in [7, 11) is 0. The number of amides is 3. The lowest BCUT2D eigenvalue weighted by Crippen LogP contribution is -2.58. The van der Waals surface area contributed by atoms with Gasteiger partial charge in [-0.2, -0.15) is 0 Å². The molecule has 0 aromatic heterocycles. The van der Waals surface area contributed by atoms with E-state index in [1.165, 1.54) is 13.8 Å². The Hall–Kier alpha value is -2.73. The molecule has 0 heterocycles. The molecule has 0 fully saturated rings. The van der Waals surface area contributed by atoms with Gasteiger partial charge >= 0.3 is 11.9 Å². The zero-order valence-electron chi connectivity index (χ0n) is 14.4. The molecule has 4 unspecified atom stereocenters. The largest absolute Gasteiger partial charge is 0.481 e. The van der Waals surface area contributed by atoms with Crippen LogP contribution in [0.5, 0.6) is 0 Å². The average Bonchev–Trinajstić information content (AvgIpc) is 2.54. The van der Waals surface area contributed by atoms with Gasteiger partial charge in [-0.05, 0) is 20.3 Å². The van der Waals surface area contributed by atoms with Crippen molar-refractivity contribution in [3.63, 3.8) is 0 Å². The lowest BCUT2D eigenvalue weighted by Gasteiger charge is -2.23. The number of hydrogen-bond donors (Lipinski definition) is 7. The monoisotopic (exact) mass is 376 g/mol. The Balaban J connectivity index is 4.83. The van der Waals surface area contributed by atoms with E-state index in [4.69, 9.17) is 15.9 Å². The summed E-state index contributed by atoms with van der Waals surface area (Å²) in [4.78, 5) is 56.9. The molecule has 0 radical (unpaired) electrons. The van der Waals surface area contributed by atoms with Gasteiger partial charge in [0, 0.05) is 6.42 Å². The minimum Gasteiger partial charge on any atom is -0.481 e. The zero-order valence-corrected chi connectivity index (χ0v) is 14.4. The second-order valence-corrected chi connectivity index (χ2v) is 5.55. The maximum atomic E-state index is 12.1. The number of aliphatic hydroxyl groups excluding tert-OH is 1. The lowest BCUT2D eigenvalue weighted by molar-refractivity contribution is -0.143. The smallest absolute Gasteiger partial charge is 0.326 e. The van der Waals surface area contributed by atoms with E-state index in [1.807, 2.05) is 0 Å². The van der Waals surface area contributed by atoms with E-state index in [0.717, 1.165) is 0 Å². The number of carboxylic acid groups (broad SMARTS) is 2. The summed E-state index contributed by atoms with van der Waals surface area (Å²) in [5.74, 6) is -5.08. The third-order valence-electron chi connectivity index (χ3n) is 3.28. The van der Waals surface area contributed by atoms with E-state index in [1.54, 1.807) is 0 Å². The fourth-order valence-corrected chi connectivity index (χ4v) is 1.83. The number of aliphatic carboxylic acids is 2. The van der Waals surface area contributed by atoms with Gasteiger partial charge in [0.15, 0.2) is 0 Å². The predicted octanol–water partition coefficient (Wildman–Crippen LogP) is -3.25. The molecule has 12 nitrogen and oxygen atoms in total. The van der Waals surface area contributed by atoms with Crippen LogP contribution in [0.25, 0.3) is 0 Å². The maximum absolute atomic E-state index is 12.1. The first-order valence-electron chi connectivity index (χ1n) is 7.72. The number of carbonyl (C=O) groups excluding carboxylic acids is 3.